The van der Waals surface area contributed by atoms with E-state index < -0.39 is 12.8 Å². The van der Waals surface area contributed by atoms with Gasteiger partial charge in [0.15, 0.2) is 0 Å². The molecule has 0 aliphatic heterocycles. The molecular formula is C19H20ClF3N2O2. The standard InChI is InChI=1S/C19H20ClF3N2O2/c1-25(11-16-4-2-3-5-17(16)20)18(26)24-10-14-6-8-15(9-7-14)12-27-13-19(21,22)23/h2-9H,10-13H2,1H3,(H,24,26). The normalized spacial score (nSPS) is 11.3. The molecule has 8 heteroatoms. The van der Waals surface area contributed by atoms with Crippen LogP contribution in [-0.2, 0) is 24.4 Å². The van der Waals surface area contributed by atoms with Crippen molar-refractivity contribution < 1.29 is 22.7 Å². The number of urea groups is 1. The summed E-state index contributed by atoms with van der Waals surface area (Å²) in [5.74, 6) is 0. The molecule has 146 valence electrons. The van der Waals surface area contributed by atoms with Crippen LogP contribution in [0.1, 0.15) is 16.7 Å². The summed E-state index contributed by atoms with van der Waals surface area (Å²) in [5, 5.41) is 3.38. The summed E-state index contributed by atoms with van der Waals surface area (Å²) in [5.41, 5.74) is 2.30. The third-order valence-corrected chi connectivity index (χ3v) is 4.08. The molecule has 2 aromatic carbocycles. The van der Waals surface area contributed by atoms with E-state index >= 15 is 0 Å². The Balaban J connectivity index is 1.78. The average Bonchev–Trinajstić information content (AvgIpc) is 2.61. The fourth-order valence-corrected chi connectivity index (χ4v) is 2.50. The molecule has 2 amide bonds. The number of halogens is 4. The van der Waals surface area contributed by atoms with Gasteiger partial charge in [-0.3, -0.25) is 0 Å². The summed E-state index contributed by atoms with van der Waals surface area (Å²) in [6.45, 7) is -0.717. The van der Waals surface area contributed by atoms with Crippen LogP contribution in [0.15, 0.2) is 48.5 Å². The number of benzene rings is 2. The molecule has 0 saturated heterocycles. The summed E-state index contributed by atoms with van der Waals surface area (Å²) in [7, 11) is 1.67. The fraction of sp³-hybridized carbons (Fsp3) is 0.316. The number of nitrogens with zero attached hydrogens (tertiary/aromatic N) is 1. The van der Waals surface area contributed by atoms with Crippen molar-refractivity contribution >= 4 is 17.6 Å². The van der Waals surface area contributed by atoms with Crippen molar-refractivity contribution in [2.24, 2.45) is 0 Å². The lowest BCUT2D eigenvalue weighted by molar-refractivity contribution is -0.176. The first kappa shape index (κ1) is 21.1. The second-order valence-corrected chi connectivity index (χ2v) is 6.44. The Morgan fingerprint density at radius 2 is 1.74 bits per heavy atom. The summed E-state index contributed by atoms with van der Waals surface area (Å²) < 4.78 is 40.7. The molecule has 0 heterocycles. The van der Waals surface area contributed by atoms with Crippen LogP contribution in [0.25, 0.3) is 0 Å². The molecule has 2 aromatic rings. The first-order valence-corrected chi connectivity index (χ1v) is 8.57. The molecule has 0 unspecified atom stereocenters. The van der Waals surface area contributed by atoms with Crippen molar-refractivity contribution in [2.45, 2.75) is 25.9 Å². The van der Waals surface area contributed by atoms with Crippen molar-refractivity contribution in [1.82, 2.24) is 10.2 Å². The molecular weight excluding hydrogens is 381 g/mol. The van der Waals surface area contributed by atoms with E-state index in [9.17, 15) is 18.0 Å². The predicted octanol–water partition coefficient (Wildman–Crippen LogP) is 4.76. The number of ether oxygens (including phenoxy) is 1. The van der Waals surface area contributed by atoms with Gasteiger partial charge >= 0.3 is 12.2 Å². The molecule has 0 bridgehead atoms. The van der Waals surface area contributed by atoms with Gasteiger partial charge in [-0.25, -0.2) is 4.79 Å². The third-order valence-electron chi connectivity index (χ3n) is 3.71. The minimum absolute atomic E-state index is 0.118. The Morgan fingerprint density at radius 1 is 1.11 bits per heavy atom. The highest BCUT2D eigenvalue weighted by molar-refractivity contribution is 6.31. The van der Waals surface area contributed by atoms with E-state index in [0.29, 0.717) is 23.7 Å². The maximum Gasteiger partial charge on any atom is 0.411 e. The van der Waals surface area contributed by atoms with Crippen molar-refractivity contribution in [3.63, 3.8) is 0 Å². The second kappa shape index (κ2) is 9.62. The lowest BCUT2D eigenvalue weighted by atomic mass is 10.1. The van der Waals surface area contributed by atoms with Crippen molar-refractivity contribution in [1.29, 1.82) is 0 Å². The summed E-state index contributed by atoms with van der Waals surface area (Å²) in [6, 6.07) is 13.9. The minimum Gasteiger partial charge on any atom is -0.367 e. The molecule has 0 radical (unpaired) electrons. The maximum absolute atomic E-state index is 12.2. The zero-order chi connectivity index (χ0) is 19.9. The Hall–Kier alpha value is -2.25. The van der Waals surface area contributed by atoms with Gasteiger partial charge in [0, 0.05) is 25.2 Å². The molecule has 0 fully saturated rings. The fourth-order valence-electron chi connectivity index (χ4n) is 2.30. The quantitative estimate of drug-likeness (QED) is 0.728. The van der Waals surface area contributed by atoms with Gasteiger partial charge in [0.05, 0.1) is 6.61 Å². The van der Waals surface area contributed by atoms with Gasteiger partial charge in [-0.15, -0.1) is 0 Å². The van der Waals surface area contributed by atoms with E-state index in [1.165, 1.54) is 4.90 Å². The number of rotatable bonds is 7. The highest BCUT2D eigenvalue weighted by Gasteiger charge is 2.27. The highest BCUT2D eigenvalue weighted by atomic mass is 35.5. The Labute approximate surface area is 160 Å². The largest absolute Gasteiger partial charge is 0.411 e. The van der Waals surface area contributed by atoms with Gasteiger partial charge in [-0.1, -0.05) is 54.1 Å². The lowest BCUT2D eigenvalue weighted by Gasteiger charge is -2.19. The third kappa shape index (κ3) is 7.48. The van der Waals surface area contributed by atoms with Crippen LogP contribution in [0.3, 0.4) is 0 Å². The maximum atomic E-state index is 12.2. The summed E-state index contributed by atoms with van der Waals surface area (Å²) in [4.78, 5) is 13.7. The zero-order valence-electron chi connectivity index (χ0n) is 14.7. The Kier molecular flexibility index (Phi) is 7.50. The number of alkyl halides is 3. The number of hydrogen-bond acceptors (Lipinski definition) is 2. The van der Waals surface area contributed by atoms with E-state index in [1.807, 2.05) is 18.2 Å². The van der Waals surface area contributed by atoms with Gasteiger partial charge in [0.2, 0.25) is 0 Å². The van der Waals surface area contributed by atoms with Crippen LogP contribution >= 0.6 is 11.6 Å². The molecule has 4 nitrogen and oxygen atoms in total. The topological polar surface area (TPSA) is 41.6 Å². The monoisotopic (exact) mass is 400 g/mol. The van der Waals surface area contributed by atoms with Crippen LogP contribution < -0.4 is 5.32 Å². The molecule has 27 heavy (non-hydrogen) atoms. The number of amides is 2. The lowest BCUT2D eigenvalue weighted by Crippen LogP contribution is -2.36. The predicted molar refractivity (Wildman–Crippen MR) is 97.3 cm³/mol. The number of carbonyl (C=O) groups is 1. The minimum atomic E-state index is -4.33. The van der Waals surface area contributed by atoms with Crippen LogP contribution in [0.5, 0.6) is 0 Å². The van der Waals surface area contributed by atoms with Gasteiger partial charge in [-0.2, -0.15) is 13.2 Å². The first-order chi connectivity index (χ1) is 12.7. The second-order valence-electron chi connectivity index (χ2n) is 6.03. The van der Waals surface area contributed by atoms with Gasteiger partial charge in [-0.05, 0) is 22.8 Å². The molecule has 0 aliphatic carbocycles. The van der Waals surface area contributed by atoms with Crippen LogP contribution in [0, 0.1) is 0 Å². The molecule has 0 aromatic heterocycles. The van der Waals surface area contributed by atoms with Crippen molar-refractivity contribution in [2.75, 3.05) is 13.7 Å². The van der Waals surface area contributed by atoms with Crippen LogP contribution in [0.2, 0.25) is 5.02 Å². The number of nitrogens with one attached hydrogen (secondary N) is 1. The SMILES string of the molecule is CN(Cc1ccccc1Cl)C(=O)NCc1ccc(COCC(F)(F)F)cc1. The number of hydrogen-bond donors (Lipinski definition) is 1. The smallest absolute Gasteiger partial charge is 0.367 e. The summed E-state index contributed by atoms with van der Waals surface area (Å²) in [6.07, 6.45) is -4.33. The molecule has 0 aliphatic rings. The van der Waals surface area contributed by atoms with E-state index in [-0.39, 0.29) is 12.6 Å². The molecule has 1 N–H and O–H groups in total. The summed E-state index contributed by atoms with van der Waals surface area (Å²) >= 11 is 6.09. The van der Waals surface area contributed by atoms with E-state index in [2.05, 4.69) is 10.1 Å². The van der Waals surface area contributed by atoms with Crippen LogP contribution in [0.4, 0.5) is 18.0 Å². The molecule has 0 atom stereocenters. The van der Waals surface area contributed by atoms with E-state index in [1.54, 1.807) is 37.4 Å². The van der Waals surface area contributed by atoms with Gasteiger partial charge < -0.3 is 15.0 Å². The van der Waals surface area contributed by atoms with Crippen molar-refractivity contribution in [3.8, 4) is 0 Å². The zero-order valence-corrected chi connectivity index (χ0v) is 15.5. The Bertz CT molecular complexity index is 751. The average molecular weight is 401 g/mol. The molecule has 0 spiro atoms. The van der Waals surface area contributed by atoms with E-state index in [4.69, 9.17) is 11.6 Å². The van der Waals surface area contributed by atoms with Gasteiger partial charge in [0.25, 0.3) is 0 Å². The van der Waals surface area contributed by atoms with E-state index in [0.717, 1.165) is 11.1 Å². The number of carbonyl (C=O) groups excluding carboxylic acids is 1. The van der Waals surface area contributed by atoms with Gasteiger partial charge in [0.1, 0.15) is 6.61 Å². The molecule has 0 saturated carbocycles. The van der Waals surface area contributed by atoms with Crippen molar-refractivity contribution in [3.05, 3.63) is 70.2 Å². The Morgan fingerprint density at radius 3 is 2.37 bits per heavy atom. The first-order valence-electron chi connectivity index (χ1n) is 8.19. The molecule has 2 rings (SSSR count). The van der Waals surface area contributed by atoms with Crippen LogP contribution in [-0.4, -0.2) is 30.8 Å². The highest BCUT2D eigenvalue weighted by Crippen LogP contribution is 2.17.